The quantitative estimate of drug-likeness (QED) is 0.843. The lowest BCUT2D eigenvalue weighted by atomic mass is 9.98. The molecule has 1 nitrogen and oxygen atoms in total. The van der Waals surface area contributed by atoms with Crippen LogP contribution in [0.3, 0.4) is 0 Å². The van der Waals surface area contributed by atoms with Gasteiger partial charge in [0.1, 0.15) is 5.82 Å². The second-order valence-electron chi connectivity index (χ2n) is 4.49. The zero-order valence-corrected chi connectivity index (χ0v) is 12.5. The Balaban J connectivity index is 2.32. The summed E-state index contributed by atoms with van der Waals surface area (Å²) in [5, 5.41) is 3.51. The lowest BCUT2D eigenvalue weighted by Crippen LogP contribution is -2.23. The summed E-state index contributed by atoms with van der Waals surface area (Å²) in [5.74, 6) is -0.202. The molecule has 0 amide bonds. The topological polar surface area (TPSA) is 12.0 Å². The number of halogens is 2. The Bertz CT molecular complexity index is 525. The van der Waals surface area contributed by atoms with Crippen LogP contribution >= 0.6 is 15.9 Å². The van der Waals surface area contributed by atoms with E-state index >= 15 is 0 Å². The van der Waals surface area contributed by atoms with E-state index < -0.39 is 0 Å². The molecule has 0 saturated heterocycles. The number of nitrogens with one attached hydrogen (secondary N) is 1. The van der Waals surface area contributed by atoms with Crippen molar-refractivity contribution in [1.82, 2.24) is 5.32 Å². The molecular formula is C16H17BrFN. The highest BCUT2D eigenvalue weighted by Crippen LogP contribution is 2.24. The molecule has 1 unspecified atom stereocenters. The predicted molar refractivity (Wildman–Crippen MR) is 80.7 cm³/mol. The fourth-order valence-electron chi connectivity index (χ4n) is 2.06. The van der Waals surface area contributed by atoms with Gasteiger partial charge >= 0.3 is 0 Å². The lowest BCUT2D eigenvalue weighted by Gasteiger charge is -2.20. The van der Waals surface area contributed by atoms with Crippen LogP contribution in [0.15, 0.2) is 53.0 Å². The summed E-state index contributed by atoms with van der Waals surface area (Å²) in [4.78, 5) is 0. The predicted octanol–water partition coefficient (Wildman–Crippen LogP) is 4.68. The number of benzene rings is 2. The first kappa shape index (κ1) is 14.2. The van der Waals surface area contributed by atoms with Gasteiger partial charge in [-0.2, -0.15) is 0 Å². The summed E-state index contributed by atoms with van der Waals surface area (Å²) < 4.78 is 14.1. The summed E-state index contributed by atoms with van der Waals surface area (Å²) in [7, 11) is 0. The summed E-state index contributed by atoms with van der Waals surface area (Å²) in [6, 6.07) is 15.0. The van der Waals surface area contributed by atoms with Gasteiger partial charge < -0.3 is 5.32 Å². The van der Waals surface area contributed by atoms with E-state index in [1.807, 2.05) is 24.3 Å². The van der Waals surface area contributed by atoms with Crippen LogP contribution in [-0.4, -0.2) is 6.54 Å². The fraction of sp³-hybridized carbons (Fsp3) is 0.250. The van der Waals surface area contributed by atoms with Crippen molar-refractivity contribution in [3.63, 3.8) is 0 Å². The molecule has 1 atom stereocenters. The van der Waals surface area contributed by atoms with Crippen LogP contribution in [-0.2, 0) is 0 Å². The fourth-order valence-corrected chi connectivity index (χ4v) is 2.48. The number of rotatable bonds is 5. The van der Waals surface area contributed by atoms with Crippen LogP contribution < -0.4 is 5.32 Å². The van der Waals surface area contributed by atoms with E-state index in [2.05, 4.69) is 40.3 Å². The largest absolute Gasteiger partial charge is 0.306 e. The van der Waals surface area contributed by atoms with Gasteiger partial charge in [-0.25, -0.2) is 4.39 Å². The van der Waals surface area contributed by atoms with Crippen molar-refractivity contribution >= 4 is 15.9 Å². The van der Waals surface area contributed by atoms with Crippen molar-refractivity contribution < 1.29 is 4.39 Å². The third-order valence-corrected chi connectivity index (χ3v) is 3.48. The summed E-state index contributed by atoms with van der Waals surface area (Å²) in [6.07, 6.45) is 1.06. The Hall–Kier alpha value is -1.19. The Kier molecular flexibility index (Phi) is 5.11. The molecular weight excluding hydrogens is 305 g/mol. The normalized spacial score (nSPS) is 12.4. The summed E-state index contributed by atoms with van der Waals surface area (Å²) >= 11 is 3.50. The van der Waals surface area contributed by atoms with Crippen LogP contribution in [0.5, 0.6) is 0 Å². The van der Waals surface area contributed by atoms with Gasteiger partial charge in [0.05, 0.1) is 6.04 Å². The van der Waals surface area contributed by atoms with Gasteiger partial charge in [0.25, 0.3) is 0 Å². The van der Waals surface area contributed by atoms with Crippen LogP contribution in [0.4, 0.5) is 4.39 Å². The Labute approximate surface area is 122 Å². The molecule has 100 valence electrons. The Morgan fingerprint density at radius 2 is 1.84 bits per heavy atom. The molecule has 0 aliphatic carbocycles. The highest BCUT2D eigenvalue weighted by atomic mass is 79.9. The molecule has 2 rings (SSSR count). The van der Waals surface area contributed by atoms with Crippen molar-refractivity contribution in [3.05, 3.63) is 69.9 Å². The van der Waals surface area contributed by atoms with Crippen molar-refractivity contribution in [3.8, 4) is 0 Å². The average Bonchev–Trinajstić information content (AvgIpc) is 2.41. The van der Waals surface area contributed by atoms with E-state index in [-0.39, 0.29) is 11.9 Å². The molecule has 0 heterocycles. The monoisotopic (exact) mass is 321 g/mol. The molecule has 1 N–H and O–H groups in total. The minimum Gasteiger partial charge on any atom is -0.306 e. The molecule has 0 fully saturated rings. The average molecular weight is 322 g/mol. The van der Waals surface area contributed by atoms with E-state index in [0.29, 0.717) is 0 Å². The molecule has 0 aliphatic rings. The van der Waals surface area contributed by atoms with E-state index in [4.69, 9.17) is 0 Å². The molecule has 0 radical (unpaired) electrons. The van der Waals surface area contributed by atoms with Crippen molar-refractivity contribution in [2.24, 2.45) is 0 Å². The molecule has 3 heteroatoms. The van der Waals surface area contributed by atoms with Crippen molar-refractivity contribution in [1.29, 1.82) is 0 Å². The molecule has 0 spiro atoms. The van der Waals surface area contributed by atoms with Crippen LogP contribution in [0.1, 0.15) is 30.5 Å². The zero-order chi connectivity index (χ0) is 13.7. The van der Waals surface area contributed by atoms with Crippen LogP contribution in [0, 0.1) is 5.82 Å². The highest BCUT2D eigenvalue weighted by Gasteiger charge is 2.13. The van der Waals surface area contributed by atoms with E-state index in [1.165, 1.54) is 17.7 Å². The standard InChI is InChI=1S/C16H17BrFN/c1-2-10-19-16(12-6-8-15(18)9-7-12)13-4-3-5-14(17)11-13/h3-9,11,16,19H,2,10H2,1H3. The zero-order valence-electron chi connectivity index (χ0n) is 10.9. The number of hydrogen-bond acceptors (Lipinski definition) is 1. The third-order valence-electron chi connectivity index (χ3n) is 2.98. The molecule has 19 heavy (non-hydrogen) atoms. The maximum atomic E-state index is 13.0. The first-order chi connectivity index (χ1) is 9.20. The Morgan fingerprint density at radius 1 is 1.11 bits per heavy atom. The van der Waals surface area contributed by atoms with Gasteiger partial charge in [0.15, 0.2) is 0 Å². The second-order valence-corrected chi connectivity index (χ2v) is 5.41. The molecule has 0 saturated carbocycles. The summed E-state index contributed by atoms with van der Waals surface area (Å²) in [5.41, 5.74) is 2.25. The smallest absolute Gasteiger partial charge is 0.123 e. The maximum Gasteiger partial charge on any atom is 0.123 e. The molecule has 2 aromatic carbocycles. The second kappa shape index (κ2) is 6.83. The van der Waals surface area contributed by atoms with E-state index in [9.17, 15) is 4.39 Å². The van der Waals surface area contributed by atoms with Crippen LogP contribution in [0.25, 0.3) is 0 Å². The van der Waals surface area contributed by atoms with Crippen molar-refractivity contribution in [2.75, 3.05) is 6.54 Å². The van der Waals surface area contributed by atoms with Crippen LogP contribution in [0.2, 0.25) is 0 Å². The molecule has 0 bridgehead atoms. The van der Waals surface area contributed by atoms with Gasteiger partial charge in [0, 0.05) is 4.47 Å². The third kappa shape index (κ3) is 3.88. The van der Waals surface area contributed by atoms with Crippen molar-refractivity contribution in [2.45, 2.75) is 19.4 Å². The minimum atomic E-state index is -0.202. The maximum absolute atomic E-state index is 13.0. The number of hydrogen-bond donors (Lipinski definition) is 1. The van der Waals surface area contributed by atoms with Gasteiger partial charge in [-0.3, -0.25) is 0 Å². The van der Waals surface area contributed by atoms with Gasteiger partial charge in [-0.1, -0.05) is 47.1 Å². The molecule has 2 aromatic rings. The highest BCUT2D eigenvalue weighted by molar-refractivity contribution is 9.10. The first-order valence-electron chi connectivity index (χ1n) is 6.45. The molecule has 0 aliphatic heterocycles. The van der Waals surface area contributed by atoms with E-state index in [1.54, 1.807) is 0 Å². The van der Waals surface area contributed by atoms with E-state index in [0.717, 1.165) is 23.0 Å². The van der Waals surface area contributed by atoms with Gasteiger partial charge in [0.2, 0.25) is 0 Å². The lowest BCUT2D eigenvalue weighted by molar-refractivity contribution is 0.593. The first-order valence-corrected chi connectivity index (χ1v) is 7.24. The minimum absolute atomic E-state index is 0.0954. The SMILES string of the molecule is CCCNC(c1ccc(F)cc1)c1cccc(Br)c1. The van der Waals surface area contributed by atoms with Gasteiger partial charge in [-0.15, -0.1) is 0 Å². The Morgan fingerprint density at radius 3 is 2.47 bits per heavy atom. The van der Waals surface area contributed by atoms with Gasteiger partial charge in [-0.05, 0) is 48.4 Å². The molecule has 0 aromatic heterocycles. The summed E-state index contributed by atoms with van der Waals surface area (Å²) in [6.45, 7) is 3.06.